The van der Waals surface area contributed by atoms with E-state index in [1.54, 1.807) is 0 Å². The topological polar surface area (TPSA) is 108 Å². The van der Waals surface area contributed by atoms with E-state index in [0.717, 1.165) is 19.4 Å². The van der Waals surface area contributed by atoms with Crippen molar-refractivity contribution in [1.82, 2.24) is 16.0 Å². The standard InChI is InChI=1S/C13H23N3O4S2/c1-22-6-4-9(13(19)20)15-12(18)10(7-21)16-11(17)8-3-2-5-14-8/h8-10,14,21H,2-7H2,1H3,(H,15,18)(H,16,17)(H,19,20)/t8-,9-,10-/m0/s1. The van der Waals surface area contributed by atoms with Crippen LogP contribution in [0.25, 0.3) is 0 Å². The molecule has 22 heavy (non-hydrogen) atoms. The van der Waals surface area contributed by atoms with Crippen LogP contribution in [0.2, 0.25) is 0 Å². The predicted octanol–water partition coefficient (Wildman–Crippen LogP) is -0.524. The highest BCUT2D eigenvalue weighted by molar-refractivity contribution is 7.98. The number of thioether (sulfide) groups is 1. The molecule has 7 nitrogen and oxygen atoms in total. The first-order chi connectivity index (χ1) is 10.5. The van der Waals surface area contributed by atoms with Crippen LogP contribution in [-0.4, -0.2) is 65.3 Å². The Morgan fingerprint density at radius 3 is 2.59 bits per heavy atom. The molecular weight excluding hydrogens is 326 g/mol. The van der Waals surface area contributed by atoms with Gasteiger partial charge in [0.15, 0.2) is 0 Å². The Morgan fingerprint density at radius 2 is 2.09 bits per heavy atom. The Balaban J connectivity index is 2.54. The number of aliphatic carboxylic acids is 1. The molecule has 0 spiro atoms. The smallest absolute Gasteiger partial charge is 0.326 e. The van der Waals surface area contributed by atoms with E-state index in [-0.39, 0.29) is 17.7 Å². The molecule has 1 aliphatic rings. The number of rotatable bonds is 9. The Labute approximate surface area is 139 Å². The first-order valence-electron chi connectivity index (χ1n) is 7.16. The molecule has 1 aliphatic heterocycles. The van der Waals surface area contributed by atoms with E-state index in [4.69, 9.17) is 5.11 Å². The molecule has 0 aromatic rings. The average molecular weight is 349 g/mol. The van der Waals surface area contributed by atoms with Gasteiger partial charge < -0.3 is 21.1 Å². The minimum atomic E-state index is -1.08. The lowest BCUT2D eigenvalue weighted by Crippen LogP contribution is -2.55. The minimum absolute atomic E-state index is 0.110. The average Bonchev–Trinajstić information content (AvgIpc) is 3.02. The summed E-state index contributed by atoms with van der Waals surface area (Å²) in [6, 6.07) is -2.08. The summed E-state index contributed by atoms with van der Waals surface area (Å²) in [5.74, 6) is -1.11. The molecule has 0 radical (unpaired) electrons. The second-order valence-corrected chi connectivity index (χ2v) is 6.42. The number of amides is 2. The van der Waals surface area contributed by atoms with E-state index in [1.165, 1.54) is 11.8 Å². The van der Waals surface area contributed by atoms with Crippen molar-refractivity contribution in [3.63, 3.8) is 0 Å². The molecule has 3 atom stereocenters. The summed E-state index contributed by atoms with van der Waals surface area (Å²) >= 11 is 5.58. The number of thiol groups is 1. The highest BCUT2D eigenvalue weighted by atomic mass is 32.2. The van der Waals surface area contributed by atoms with Gasteiger partial charge in [-0.25, -0.2) is 4.79 Å². The minimum Gasteiger partial charge on any atom is -0.480 e. The summed E-state index contributed by atoms with van der Waals surface area (Å²) in [5, 5.41) is 17.2. The van der Waals surface area contributed by atoms with E-state index in [0.29, 0.717) is 12.2 Å². The normalized spacial score (nSPS) is 20.2. The van der Waals surface area contributed by atoms with E-state index < -0.39 is 24.0 Å². The maximum atomic E-state index is 12.1. The molecule has 1 heterocycles. The summed E-state index contributed by atoms with van der Waals surface area (Å²) in [4.78, 5) is 35.3. The van der Waals surface area contributed by atoms with Gasteiger partial charge in [0.2, 0.25) is 11.8 Å². The largest absolute Gasteiger partial charge is 0.480 e. The molecule has 0 aromatic heterocycles. The molecule has 1 fully saturated rings. The van der Waals surface area contributed by atoms with Gasteiger partial charge in [0.25, 0.3) is 0 Å². The Kier molecular flexibility index (Phi) is 8.66. The molecule has 9 heteroatoms. The van der Waals surface area contributed by atoms with Gasteiger partial charge in [0, 0.05) is 5.75 Å². The first kappa shape index (κ1) is 19.1. The maximum Gasteiger partial charge on any atom is 0.326 e. The van der Waals surface area contributed by atoms with Gasteiger partial charge in [-0.15, -0.1) is 0 Å². The van der Waals surface area contributed by atoms with Crippen molar-refractivity contribution < 1.29 is 19.5 Å². The number of hydrogen-bond donors (Lipinski definition) is 5. The van der Waals surface area contributed by atoms with Crippen molar-refractivity contribution in [2.45, 2.75) is 37.4 Å². The van der Waals surface area contributed by atoms with Crippen LogP contribution < -0.4 is 16.0 Å². The number of carboxylic acid groups (broad SMARTS) is 1. The van der Waals surface area contributed by atoms with E-state index in [1.807, 2.05) is 6.26 Å². The number of hydrogen-bond acceptors (Lipinski definition) is 6. The van der Waals surface area contributed by atoms with Gasteiger partial charge in [0.05, 0.1) is 6.04 Å². The summed E-state index contributed by atoms with van der Waals surface area (Å²) in [7, 11) is 0. The maximum absolute atomic E-state index is 12.1. The molecule has 2 amide bonds. The third-order valence-corrected chi connectivity index (χ3v) is 4.43. The Hall–Kier alpha value is -0.930. The number of carboxylic acids is 1. The first-order valence-corrected chi connectivity index (χ1v) is 9.19. The number of carbonyl (C=O) groups is 3. The monoisotopic (exact) mass is 349 g/mol. The van der Waals surface area contributed by atoms with Gasteiger partial charge >= 0.3 is 5.97 Å². The zero-order valence-corrected chi connectivity index (χ0v) is 14.2. The van der Waals surface area contributed by atoms with Crippen LogP contribution in [0, 0.1) is 0 Å². The lowest BCUT2D eigenvalue weighted by molar-refractivity contribution is -0.142. The fourth-order valence-corrected chi connectivity index (χ4v) is 2.87. The van der Waals surface area contributed by atoms with Crippen molar-refractivity contribution in [3.8, 4) is 0 Å². The van der Waals surface area contributed by atoms with Crippen LogP contribution in [0.5, 0.6) is 0 Å². The third-order valence-electron chi connectivity index (χ3n) is 3.42. The van der Waals surface area contributed by atoms with E-state index in [2.05, 4.69) is 28.6 Å². The van der Waals surface area contributed by atoms with Crippen LogP contribution in [-0.2, 0) is 14.4 Å². The summed E-state index contributed by atoms with van der Waals surface area (Å²) < 4.78 is 0. The van der Waals surface area contributed by atoms with Crippen molar-refractivity contribution in [2.24, 2.45) is 0 Å². The molecule has 0 bridgehead atoms. The SMILES string of the molecule is CSCC[C@H](NC(=O)[C@H](CS)NC(=O)[C@@H]1CCCN1)C(=O)O. The molecule has 0 aliphatic carbocycles. The molecule has 0 unspecified atom stereocenters. The van der Waals surface area contributed by atoms with Crippen LogP contribution in [0.3, 0.4) is 0 Å². The molecule has 0 aromatic carbocycles. The van der Waals surface area contributed by atoms with Crippen LogP contribution in [0.4, 0.5) is 0 Å². The highest BCUT2D eigenvalue weighted by Gasteiger charge is 2.28. The van der Waals surface area contributed by atoms with E-state index >= 15 is 0 Å². The Morgan fingerprint density at radius 1 is 1.36 bits per heavy atom. The van der Waals surface area contributed by atoms with Gasteiger partial charge in [-0.3, -0.25) is 9.59 Å². The van der Waals surface area contributed by atoms with Crippen molar-refractivity contribution in [2.75, 3.05) is 24.3 Å². The van der Waals surface area contributed by atoms with Crippen molar-refractivity contribution in [3.05, 3.63) is 0 Å². The second-order valence-electron chi connectivity index (χ2n) is 5.07. The molecule has 4 N–H and O–H groups in total. The Bertz CT molecular complexity index is 403. The summed E-state index contributed by atoms with van der Waals surface area (Å²) in [6.45, 7) is 0.783. The van der Waals surface area contributed by atoms with Gasteiger partial charge in [-0.05, 0) is 37.8 Å². The van der Waals surface area contributed by atoms with Crippen LogP contribution in [0.1, 0.15) is 19.3 Å². The summed E-state index contributed by atoms with van der Waals surface area (Å²) in [6.07, 6.45) is 3.86. The van der Waals surface area contributed by atoms with Crippen LogP contribution in [0.15, 0.2) is 0 Å². The van der Waals surface area contributed by atoms with Gasteiger partial charge in [-0.2, -0.15) is 24.4 Å². The van der Waals surface area contributed by atoms with Crippen molar-refractivity contribution in [1.29, 1.82) is 0 Å². The molecule has 1 rings (SSSR count). The second kappa shape index (κ2) is 9.96. The molecule has 1 saturated heterocycles. The fourth-order valence-electron chi connectivity index (χ4n) is 2.14. The fraction of sp³-hybridized carbons (Fsp3) is 0.769. The zero-order chi connectivity index (χ0) is 16.5. The van der Waals surface area contributed by atoms with Gasteiger partial charge in [-0.1, -0.05) is 0 Å². The zero-order valence-electron chi connectivity index (χ0n) is 12.5. The van der Waals surface area contributed by atoms with Gasteiger partial charge in [0.1, 0.15) is 12.1 Å². The highest BCUT2D eigenvalue weighted by Crippen LogP contribution is 2.06. The molecule has 0 saturated carbocycles. The number of nitrogens with one attached hydrogen (secondary N) is 3. The predicted molar refractivity (Wildman–Crippen MR) is 89.4 cm³/mol. The van der Waals surface area contributed by atoms with Crippen molar-refractivity contribution >= 4 is 42.2 Å². The lowest BCUT2D eigenvalue weighted by Gasteiger charge is -2.21. The molecular formula is C13H23N3O4S2. The summed E-state index contributed by atoms with van der Waals surface area (Å²) in [5.41, 5.74) is 0. The van der Waals surface area contributed by atoms with E-state index in [9.17, 15) is 14.4 Å². The van der Waals surface area contributed by atoms with Crippen LogP contribution >= 0.6 is 24.4 Å². The molecule has 126 valence electrons. The quantitative estimate of drug-likeness (QED) is 0.359. The number of carbonyl (C=O) groups excluding carboxylic acids is 2. The third kappa shape index (κ3) is 6.05. The lowest BCUT2D eigenvalue weighted by atomic mass is 10.2.